The number of amides is 3. The molecule has 26 heavy (non-hydrogen) atoms. The average Bonchev–Trinajstić information content (AvgIpc) is 2.65. The number of anilines is 2. The fraction of sp³-hybridized carbons (Fsp3) is 0.167. The van der Waals surface area contributed by atoms with Gasteiger partial charge in [0, 0.05) is 17.9 Å². The van der Waals surface area contributed by atoms with Crippen LogP contribution in [0.5, 0.6) is 0 Å². The molecule has 0 aliphatic carbocycles. The molecule has 0 heterocycles. The molecule has 0 spiro atoms. The van der Waals surface area contributed by atoms with E-state index in [0.717, 1.165) is 0 Å². The fourth-order valence-electron chi connectivity index (χ4n) is 2.06. The second kappa shape index (κ2) is 9.80. The molecule has 8 heteroatoms. The number of carbonyl (C=O) groups excluding carboxylic acids is 3. The normalized spacial score (nSPS) is 9.88. The molecule has 136 valence electrons. The van der Waals surface area contributed by atoms with Crippen molar-refractivity contribution in [2.24, 2.45) is 0 Å². The highest BCUT2D eigenvalue weighted by Gasteiger charge is 2.15. The van der Waals surface area contributed by atoms with E-state index in [1.807, 2.05) is 0 Å². The van der Waals surface area contributed by atoms with Crippen molar-refractivity contribution < 1.29 is 24.2 Å². The number of carbonyl (C=O) groups is 3. The van der Waals surface area contributed by atoms with Crippen LogP contribution in [0.15, 0.2) is 54.6 Å². The van der Waals surface area contributed by atoms with E-state index < -0.39 is 24.5 Å². The van der Waals surface area contributed by atoms with Gasteiger partial charge < -0.3 is 20.5 Å². The molecule has 4 N–H and O–H groups in total. The van der Waals surface area contributed by atoms with Crippen LogP contribution in [0.3, 0.4) is 0 Å². The van der Waals surface area contributed by atoms with Gasteiger partial charge in [0.05, 0.1) is 12.2 Å². The minimum atomic E-state index is -0.757. The molecule has 2 aromatic carbocycles. The van der Waals surface area contributed by atoms with Gasteiger partial charge in [-0.3, -0.25) is 10.1 Å². The van der Waals surface area contributed by atoms with E-state index in [9.17, 15) is 14.4 Å². The maximum Gasteiger partial charge on any atom is 0.340 e. The van der Waals surface area contributed by atoms with Crippen molar-refractivity contribution in [2.75, 3.05) is 30.4 Å². The van der Waals surface area contributed by atoms with Crippen molar-refractivity contribution >= 4 is 29.3 Å². The Hall–Kier alpha value is -3.39. The molecule has 0 aliphatic rings. The number of nitrogens with one attached hydrogen (secondary N) is 3. The lowest BCUT2D eigenvalue weighted by Crippen LogP contribution is -2.37. The summed E-state index contributed by atoms with van der Waals surface area (Å²) in [6.45, 7) is -0.428. The van der Waals surface area contributed by atoms with Gasteiger partial charge >= 0.3 is 12.0 Å². The number of ether oxygens (including phenoxy) is 1. The number of rotatable bonds is 7. The van der Waals surface area contributed by atoms with Crippen LogP contribution in [-0.4, -0.2) is 42.8 Å². The molecule has 0 aliphatic heterocycles. The van der Waals surface area contributed by atoms with Gasteiger partial charge in [-0.2, -0.15) is 0 Å². The van der Waals surface area contributed by atoms with Crippen molar-refractivity contribution in [1.29, 1.82) is 0 Å². The fourth-order valence-corrected chi connectivity index (χ4v) is 2.06. The summed E-state index contributed by atoms with van der Waals surface area (Å²) in [6, 6.07) is 14.4. The summed E-state index contributed by atoms with van der Waals surface area (Å²) in [5.74, 6) is -1.47. The molecule has 0 saturated carbocycles. The molecular formula is C18H19N3O5. The minimum absolute atomic E-state index is 0.0949. The maximum absolute atomic E-state index is 12.1. The number of urea groups is 1. The third-order valence-corrected chi connectivity index (χ3v) is 3.19. The maximum atomic E-state index is 12.1. The second-order valence-corrected chi connectivity index (χ2v) is 5.14. The molecular weight excluding hydrogens is 338 g/mol. The Balaban J connectivity index is 1.83. The minimum Gasteiger partial charge on any atom is -0.452 e. The Labute approximate surface area is 150 Å². The lowest BCUT2D eigenvalue weighted by Gasteiger charge is -2.11. The third kappa shape index (κ3) is 5.91. The molecule has 0 atom stereocenters. The first-order chi connectivity index (χ1) is 12.6. The van der Waals surface area contributed by atoms with Crippen LogP contribution < -0.4 is 16.0 Å². The second-order valence-electron chi connectivity index (χ2n) is 5.14. The van der Waals surface area contributed by atoms with Gasteiger partial charge in [0.15, 0.2) is 6.61 Å². The summed E-state index contributed by atoms with van der Waals surface area (Å²) in [4.78, 5) is 35.5. The predicted octanol–water partition coefficient (Wildman–Crippen LogP) is 1.60. The van der Waals surface area contributed by atoms with Crippen LogP contribution in [0.25, 0.3) is 0 Å². The molecule has 0 bridgehead atoms. The van der Waals surface area contributed by atoms with E-state index >= 15 is 0 Å². The lowest BCUT2D eigenvalue weighted by atomic mass is 10.2. The summed E-state index contributed by atoms with van der Waals surface area (Å²) in [5.41, 5.74) is 1.23. The van der Waals surface area contributed by atoms with Crippen molar-refractivity contribution in [3.63, 3.8) is 0 Å². The van der Waals surface area contributed by atoms with E-state index in [0.29, 0.717) is 11.4 Å². The average molecular weight is 357 g/mol. The van der Waals surface area contributed by atoms with Gasteiger partial charge in [-0.25, -0.2) is 9.59 Å². The van der Waals surface area contributed by atoms with E-state index in [1.165, 1.54) is 6.07 Å². The predicted molar refractivity (Wildman–Crippen MR) is 95.9 cm³/mol. The van der Waals surface area contributed by atoms with Crippen molar-refractivity contribution in [2.45, 2.75) is 0 Å². The molecule has 2 aromatic rings. The largest absolute Gasteiger partial charge is 0.452 e. The first kappa shape index (κ1) is 18.9. The van der Waals surface area contributed by atoms with Crippen molar-refractivity contribution in [3.8, 4) is 0 Å². The van der Waals surface area contributed by atoms with Crippen molar-refractivity contribution in [1.82, 2.24) is 5.32 Å². The molecule has 0 unspecified atom stereocenters. The number of esters is 1. The third-order valence-electron chi connectivity index (χ3n) is 3.19. The van der Waals surface area contributed by atoms with Gasteiger partial charge in [-0.05, 0) is 24.3 Å². The lowest BCUT2D eigenvalue weighted by molar-refractivity contribution is -0.123. The first-order valence-corrected chi connectivity index (χ1v) is 7.87. The standard InChI is InChI=1S/C18H19N3O5/c22-11-10-19-15-9-5-4-8-14(15)17(24)26-12-16(23)21-18(25)20-13-6-2-1-3-7-13/h1-9,19,22H,10-12H2,(H2,20,21,23,25). The van der Waals surface area contributed by atoms with E-state index in [2.05, 4.69) is 16.0 Å². The number of hydrogen-bond acceptors (Lipinski definition) is 6. The zero-order valence-electron chi connectivity index (χ0n) is 13.9. The monoisotopic (exact) mass is 357 g/mol. The quantitative estimate of drug-likeness (QED) is 0.559. The summed E-state index contributed by atoms with van der Waals surface area (Å²) >= 11 is 0. The highest BCUT2D eigenvalue weighted by molar-refractivity contribution is 6.02. The van der Waals surface area contributed by atoms with Gasteiger partial charge in [0.2, 0.25) is 0 Å². The molecule has 0 radical (unpaired) electrons. The van der Waals surface area contributed by atoms with Crippen molar-refractivity contribution in [3.05, 3.63) is 60.2 Å². The smallest absolute Gasteiger partial charge is 0.340 e. The number of para-hydroxylation sites is 2. The summed E-state index contributed by atoms with van der Waals surface area (Å²) in [6.07, 6.45) is 0. The Morgan fingerprint density at radius 1 is 0.962 bits per heavy atom. The zero-order valence-corrected chi connectivity index (χ0v) is 13.9. The number of aliphatic hydroxyl groups excluding tert-OH is 1. The summed E-state index contributed by atoms with van der Waals surface area (Å²) in [7, 11) is 0. The Kier molecular flexibility index (Phi) is 7.14. The van der Waals surface area contributed by atoms with Gasteiger partial charge in [-0.1, -0.05) is 30.3 Å². The summed E-state index contributed by atoms with van der Waals surface area (Å²) in [5, 5.41) is 16.3. The zero-order chi connectivity index (χ0) is 18.8. The number of aliphatic hydroxyl groups is 1. The number of benzene rings is 2. The molecule has 3 amide bonds. The molecule has 0 fully saturated rings. The van der Waals surface area contributed by atoms with E-state index in [1.54, 1.807) is 48.5 Å². The topological polar surface area (TPSA) is 117 Å². The van der Waals surface area contributed by atoms with Gasteiger partial charge in [0.1, 0.15) is 0 Å². The first-order valence-electron chi connectivity index (χ1n) is 7.87. The van der Waals surface area contributed by atoms with Crippen LogP contribution in [0, 0.1) is 0 Å². The Bertz CT molecular complexity index is 764. The van der Waals surface area contributed by atoms with Gasteiger partial charge in [-0.15, -0.1) is 0 Å². The Morgan fingerprint density at radius 3 is 2.38 bits per heavy atom. The van der Waals surface area contributed by atoms with Crippen LogP contribution >= 0.6 is 0 Å². The molecule has 2 rings (SSSR count). The molecule has 0 saturated heterocycles. The summed E-state index contributed by atoms with van der Waals surface area (Å²) < 4.78 is 4.93. The van der Waals surface area contributed by atoms with Crippen LogP contribution in [0.1, 0.15) is 10.4 Å². The van der Waals surface area contributed by atoms with Gasteiger partial charge in [0.25, 0.3) is 5.91 Å². The van der Waals surface area contributed by atoms with Crippen LogP contribution in [0.4, 0.5) is 16.2 Å². The SMILES string of the molecule is O=C(COC(=O)c1ccccc1NCCO)NC(=O)Nc1ccccc1. The number of imide groups is 1. The van der Waals surface area contributed by atoms with E-state index in [-0.39, 0.29) is 18.7 Å². The highest BCUT2D eigenvalue weighted by Crippen LogP contribution is 2.15. The molecule has 0 aromatic heterocycles. The number of hydrogen-bond donors (Lipinski definition) is 4. The van der Waals surface area contributed by atoms with E-state index in [4.69, 9.17) is 9.84 Å². The van der Waals surface area contributed by atoms with Crippen LogP contribution in [0.2, 0.25) is 0 Å². The molecule has 8 nitrogen and oxygen atoms in total. The Morgan fingerprint density at radius 2 is 1.65 bits per heavy atom. The van der Waals surface area contributed by atoms with Crippen LogP contribution in [-0.2, 0) is 9.53 Å². The highest BCUT2D eigenvalue weighted by atomic mass is 16.5.